The lowest BCUT2D eigenvalue weighted by Gasteiger charge is -2.44. The van der Waals surface area contributed by atoms with Crippen molar-refractivity contribution in [3.05, 3.63) is 23.5 Å². The number of pyridine rings is 1. The number of amides is 1. The molecule has 0 saturated carbocycles. The number of carbonyl (C=O) groups is 1. The normalized spacial score (nSPS) is 27.4. The topological polar surface area (TPSA) is 60.9 Å². The van der Waals surface area contributed by atoms with Gasteiger partial charge in [0, 0.05) is 74.9 Å². The van der Waals surface area contributed by atoms with Gasteiger partial charge in [-0.1, -0.05) is 28.2 Å². The van der Waals surface area contributed by atoms with Crippen LogP contribution in [0.1, 0.15) is 59.7 Å². The molecule has 3 atom stereocenters. The van der Waals surface area contributed by atoms with Crippen LogP contribution in [0, 0.1) is 0 Å². The molecule has 3 aliphatic heterocycles. The molecule has 0 spiro atoms. The van der Waals surface area contributed by atoms with Crippen LogP contribution < -0.4 is 10.2 Å². The Morgan fingerprint density at radius 1 is 1.31 bits per heavy atom. The summed E-state index contributed by atoms with van der Waals surface area (Å²) in [5.41, 5.74) is 0.685. The molecule has 0 bridgehead atoms. The molecule has 1 N–H and O–H groups in total. The molecule has 4 heterocycles. The third-order valence-corrected chi connectivity index (χ3v) is 7.49. The highest BCUT2D eigenvalue weighted by molar-refractivity contribution is 5.97. The summed E-state index contributed by atoms with van der Waals surface area (Å²) >= 11 is 0. The summed E-state index contributed by atoms with van der Waals surface area (Å²) in [6.45, 7) is 14.8. The summed E-state index contributed by atoms with van der Waals surface area (Å²) in [4.78, 5) is 24.4. The van der Waals surface area contributed by atoms with Gasteiger partial charge >= 0.3 is 0 Å². The highest BCUT2D eigenvalue weighted by Gasteiger charge is 2.42. The number of hydrogen-bond donors (Lipinski definition) is 1. The molecule has 7 nitrogen and oxygen atoms in total. The third-order valence-electron chi connectivity index (χ3n) is 7.49. The van der Waals surface area contributed by atoms with E-state index in [1.807, 2.05) is 13.8 Å². The average molecular weight is 496 g/mol. The Bertz CT molecular complexity index is 891. The SMILES string of the molecule is C.CC[C@@H]1COCCN1C[C@H]1CN[C@H](C)CN1CC(=O)N1CC(C)(C)c2ncc(C(C)(F)F)cc21. The van der Waals surface area contributed by atoms with Gasteiger partial charge in [0.2, 0.25) is 5.91 Å². The number of nitrogens with zero attached hydrogens (tertiary/aromatic N) is 4. The average Bonchev–Trinajstić information content (AvgIpc) is 3.06. The van der Waals surface area contributed by atoms with Crippen molar-refractivity contribution in [3.63, 3.8) is 0 Å². The van der Waals surface area contributed by atoms with E-state index < -0.39 is 5.92 Å². The highest BCUT2D eigenvalue weighted by Crippen LogP contribution is 2.41. The second-order valence-corrected chi connectivity index (χ2v) is 10.9. The number of carbonyl (C=O) groups excluding carboxylic acids is 1. The Morgan fingerprint density at radius 2 is 2.06 bits per heavy atom. The van der Waals surface area contributed by atoms with Gasteiger partial charge in [0.15, 0.2) is 0 Å². The minimum Gasteiger partial charge on any atom is -0.378 e. The first-order chi connectivity index (χ1) is 16.0. The van der Waals surface area contributed by atoms with E-state index in [4.69, 9.17) is 4.74 Å². The zero-order chi connectivity index (χ0) is 24.7. The van der Waals surface area contributed by atoms with Gasteiger partial charge in [0.05, 0.1) is 31.1 Å². The Morgan fingerprint density at radius 3 is 2.74 bits per heavy atom. The van der Waals surface area contributed by atoms with Crippen molar-refractivity contribution in [2.45, 2.75) is 77.9 Å². The molecule has 0 aliphatic carbocycles. The lowest BCUT2D eigenvalue weighted by molar-refractivity contribution is -0.121. The molecule has 0 aromatic carbocycles. The monoisotopic (exact) mass is 495 g/mol. The number of halogens is 2. The first-order valence-corrected chi connectivity index (χ1v) is 12.5. The fourth-order valence-corrected chi connectivity index (χ4v) is 5.44. The van der Waals surface area contributed by atoms with E-state index in [0.29, 0.717) is 24.0 Å². The number of alkyl halides is 2. The minimum atomic E-state index is -3.00. The van der Waals surface area contributed by atoms with Crippen molar-refractivity contribution in [2.24, 2.45) is 0 Å². The molecule has 1 aromatic heterocycles. The van der Waals surface area contributed by atoms with E-state index in [0.717, 1.165) is 52.7 Å². The number of morpholine rings is 1. The molecule has 0 unspecified atom stereocenters. The number of aromatic nitrogens is 1. The van der Waals surface area contributed by atoms with Gasteiger partial charge in [-0.3, -0.25) is 19.6 Å². The van der Waals surface area contributed by atoms with Crippen LogP contribution in [0.3, 0.4) is 0 Å². The molecule has 3 aliphatic rings. The first kappa shape index (κ1) is 27.9. The quantitative estimate of drug-likeness (QED) is 0.654. The van der Waals surface area contributed by atoms with E-state index >= 15 is 0 Å². The van der Waals surface area contributed by atoms with Crippen LogP contribution in [0.15, 0.2) is 12.3 Å². The van der Waals surface area contributed by atoms with Crippen molar-refractivity contribution < 1.29 is 18.3 Å². The van der Waals surface area contributed by atoms with Crippen molar-refractivity contribution in [3.8, 4) is 0 Å². The van der Waals surface area contributed by atoms with Crippen LogP contribution in [0.25, 0.3) is 0 Å². The summed E-state index contributed by atoms with van der Waals surface area (Å²) in [7, 11) is 0. The van der Waals surface area contributed by atoms with Gasteiger partial charge < -0.3 is 15.0 Å². The maximum atomic E-state index is 14.0. The summed E-state index contributed by atoms with van der Waals surface area (Å²) in [5, 5.41) is 3.56. The van der Waals surface area contributed by atoms with Gasteiger partial charge in [0.1, 0.15) is 0 Å². The molecule has 35 heavy (non-hydrogen) atoms. The van der Waals surface area contributed by atoms with Crippen LogP contribution in [-0.2, 0) is 20.9 Å². The predicted octanol–water partition coefficient (Wildman–Crippen LogP) is 3.23. The van der Waals surface area contributed by atoms with Crippen LogP contribution in [-0.4, -0.2) is 91.3 Å². The molecular weight excluding hydrogens is 452 g/mol. The zero-order valence-corrected chi connectivity index (χ0v) is 21.1. The number of fused-ring (bicyclic) bond motifs is 1. The highest BCUT2D eigenvalue weighted by atomic mass is 19.3. The maximum Gasteiger partial charge on any atom is 0.272 e. The van der Waals surface area contributed by atoms with E-state index in [1.165, 1.54) is 12.3 Å². The molecule has 9 heteroatoms. The van der Waals surface area contributed by atoms with Gasteiger partial charge in [-0.2, -0.15) is 0 Å². The van der Waals surface area contributed by atoms with Crippen molar-refractivity contribution in [1.29, 1.82) is 0 Å². The maximum absolute atomic E-state index is 14.0. The fourth-order valence-electron chi connectivity index (χ4n) is 5.44. The van der Waals surface area contributed by atoms with Crippen molar-refractivity contribution in [2.75, 3.05) is 57.4 Å². The molecule has 2 saturated heterocycles. The van der Waals surface area contributed by atoms with Crippen LogP contribution in [0.4, 0.5) is 14.5 Å². The molecule has 1 aromatic rings. The Hall–Kier alpha value is -1.68. The van der Waals surface area contributed by atoms with Gasteiger partial charge in [-0.05, 0) is 19.4 Å². The zero-order valence-electron chi connectivity index (χ0n) is 21.1. The lowest BCUT2D eigenvalue weighted by atomic mass is 9.91. The molecule has 4 rings (SSSR count). The van der Waals surface area contributed by atoms with Crippen LogP contribution in [0.2, 0.25) is 0 Å². The van der Waals surface area contributed by atoms with E-state index in [1.54, 1.807) is 4.90 Å². The summed E-state index contributed by atoms with van der Waals surface area (Å²) in [6.07, 6.45) is 2.28. The Balaban J connectivity index is 0.00000342. The fraction of sp³-hybridized carbons (Fsp3) is 0.769. The first-order valence-electron chi connectivity index (χ1n) is 12.5. The van der Waals surface area contributed by atoms with Gasteiger partial charge in [0.25, 0.3) is 5.92 Å². The van der Waals surface area contributed by atoms with E-state index in [2.05, 4.69) is 33.9 Å². The summed E-state index contributed by atoms with van der Waals surface area (Å²) < 4.78 is 33.7. The number of nitrogens with one attached hydrogen (secondary N) is 1. The molecule has 2 fully saturated rings. The Labute approximate surface area is 209 Å². The number of piperazine rings is 1. The van der Waals surface area contributed by atoms with Gasteiger partial charge in [-0.15, -0.1) is 0 Å². The van der Waals surface area contributed by atoms with E-state index in [-0.39, 0.29) is 42.9 Å². The standard InChI is InChI=1S/C25H39F2N5O2.CH4/c1-6-19-15-34-8-7-30(19)13-20-11-28-17(2)12-31(20)14-22(33)32-16-24(3,4)23-21(32)9-18(10-29-23)25(5,26)27;/h9-10,17,19-20,28H,6-8,11-16H2,1-5H3;1H4/t17-,19-,20-;/m1./s1. The number of rotatable bonds is 6. The number of hydrogen-bond acceptors (Lipinski definition) is 6. The molecule has 0 radical (unpaired) electrons. The second kappa shape index (κ2) is 10.7. The number of anilines is 1. The minimum absolute atomic E-state index is 0. The summed E-state index contributed by atoms with van der Waals surface area (Å²) in [6, 6.07) is 2.33. The largest absolute Gasteiger partial charge is 0.378 e. The second-order valence-electron chi connectivity index (χ2n) is 10.9. The smallest absolute Gasteiger partial charge is 0.272 e. The molecular formula is C26H43F2N5O2. The van der Waals surface area contributed by atoms with Gasteiger partial charge in [-0.25, -0.2) is 8.78 Å². The van der Waals surface area contributed by atoms with Crippen LogP contribution >= 0.6 is 0 Å². The Kier molecular flexibility index (Phi) is 8.57. The van der Waals surface area contributed by atoms with E-state index in [9.17, 15) is 13.6 Å². The third kappa shape index (κ3) is 6.01. The summed E-state index contributed by atoms with van der Waals surface area (Å²) in [5.74, 6) is -3.06. The number of ether oxygens (including phenoxy) is 1. The molecule has 1 amide bonds. The van der Waals surface area contributed by atoms with Crippen molar-refractivity contribution in [1.82, 2.24) is 20.1 Å². The molecule has 198 valence electrons. The lowest BCUT2D eigenvalue weighted by Crippen LogP contribution is -2.62. The predicted molar refractivity (Wildman–Crippen MR) is 135 cm³/mol. The van der Waals surface area contributed by atoms with Crippen molar-refractivity contribution >= 4 is 11.6 Å². The van der Waals surface area contributed by atoms with Crippen LogP contribution in [0.5, 0.6) is 0 Å².